The Balaban J connectivity index is 2.29. The molecule has 0 heterocycles. The zero-order chi connectivity index (χ0) is 14.8. The number of benzene rings is 1. The van der Waals surface area contributed by atoms with E-state index in [0.717, 1.165) is 24.8 Å². The van der Waals surface area contributed by atoms with E-state index in [9.17, 15) is 0 Å². The standard InChI is InChI=1S/C16H24O3Si/c1-5-14-9-7-10-15(13-14)11-8-12-19-20-16(6-2,17-3)18-4/h5,7,9-10,13H,1,6,8,11-12H2,2-4H3. The van der Waals surface area contributed by atoms with Crippen molar-refractivity contribution in [1.29, 1.82) is 0 Å². The van der Waals surface area contributed by atoms with E-state index < -0.39 is 5.41 Å². The molecule has 0 saturated heterocycles. The number of aryl methyl sites for hydroxylation is 1. The average Bonchev–Trinajstić information content (AvgIpc) is 2.52. The van der Waals surface area contributed by atoms with E-state index in [4.69, 9.17) is 13.9 Å². The summed E-state index contributed by atoms with van der Waals surface area (Å²) in [4.78, 5) is 0. The first-order valence-corrected chi connectivity index (χ1v) is 7.81. The molecule has 2 radical (unpaired) electrons. The number of methoxy groups -OCH3 is 2. The van der Waals surface area contributed by atoms with Crippen LogP contribution in [-0.4, -0.2) is 36.0 Å². The third-order valence-electron chi connectivity index (χ3n) is 3.25. The Labute approximate surface area is 124 Å². The first-order valence-electron chi connectivity index (χ1n) is 6.90. The van der Waals surface area contributed by atoms with E-state index in [-0.39, 0.29) is 9.76 Å². The predicted molar refractivity (Wildman–Crippen MR) is 83.6 cm³/mol. The van der Waals surface area contributed by atoms with Crippen molar-refractivity contribution in [2.75, 3.05) is 20.8 Å². The molecule has 0 aromatic heterocycles. The first-order chi connectivity index (χ1) is 9.69. The van der Waals surface area contributed by atoms with Gasteiger partial charge in [0.2, 0.25) is 0 Å². The van der Waals surface area contributed by atoms with Gasteiger partial charge in [0.15, 0.2) is 5.41 Å². The minimum absolute atomic E-state index is 0.198. The highest BCUT2D eigenvalue weighted by Crippen LogP contribution is 2.14. The first kappa shape index (κ1) is 17.1. The van der Waals surface area contributed by atoms with Gasteiger partial charge in [0.1, 0.15) is 0 Å². The lowest BCUT2D eigenvalue weighted by Crippen LogP contribution is -2.41. The van der Waals surface area contributed by atoms with Gasteiger partial charge in [-0.25, -0.2) is 0 Å². The monoisotopic (exact) mass is 292 g/mol. The van der Waals surface area contributed by atoms with Gasteiger partial charge in [0.25, 0.3) is 0 Å². The van der Waals surface area contributed by atoms with Crippen LogP contribution in [0.5, 0.6) is 0 Å². The Hall–Kier alpha value is -0.943. The van der Waals surface area contributed by atoms with Crippen LogP contribution < -0.4 is 0 Å². The van der Waals surface area contributed by atoms with Crippen LogP contribution in [0.4, 0.5) is 0 Å². The van der Waals surface area contributed by atoms with Crippen LogP contribution in [0.3, 0.4) is 0 Å². The molecule has 1 aromatic carbocycles. The normalized spacial score (nSPS) is 11.6. The number of hydrogen-bond donors (Lipinski definition) is 0. The lowest BCUT2D eigenvalue weighted by Gasteiger charge is -2.27. The van der Waals surface area contributed by atoms with Crippen molar-refractivity contribution in [3.63, 3.8) is 0 Å². The maximum atomic E-state index is 5.71. The molecule has 0 bridgehead atoms. The minimum atomic E-state index is -0.581. The molecule has 0 atom stereocenters. The van der Waals surface area contributed by atoms with Gasteiger partial charge < -0.3 is 13.9 Å². The van der Waals surface area contributed by atoms with E-state index in [1.54, 1.807) is 14.2 Å². The molecular formula is C16H24O3Si. The smallest absolute Gasteiger partial charge is 0.304 e. The molecule has 4 heteroatoms. The van der Waals surface area contributed by atoms with Gasteiger partial charge in [0.05, 0.1) is 0 Å². The van der Waals surface area contributed by atoms with Gasteiger partial charge in [-0.05, 0) is 30.4 Å². The molecule has 3 nitrogen and oxygen atoms in total. The van der Waals surface area contributed by atoms with Gasteiger partial charge in [-0.2, -0.15) is 0 Å². The summed E-state index contributed by atoms with van der Waals surface area (Å²) in [6, 6.07) is 8.42. The molecule has 0 N–H and O–H groups in total. The molecule has 0 saturated carbocycles. The third-order valence-corrected chi connectivity index (χ3v) is 4.67. The van der Waals surface area contributed by atoms with E-state index in [1.807, 2.05) is 13.0 Å². The van der Waals surface area contributed by atoms with E-state index >= 15 is 0 Å². The van der Waals surface area contributed by atoms with E-state index in [0.29, 0.717) is 6.61 Å². The maximum Gasteiger partial charge on any atom is 0.304 e. The third kappa shape index (κ3) is 5.21. The lowest BCUT2D eigenvalue weighted by molar-refractivity contribution is -0.153. The molecule has 0 fully saturated rings. The molecule has 0 aliphatic carbocycles. The van der Waals surface area contributed by atoms with Crippen LogP contribution in [0, 0.1) is 0 Å². The fourth-order valence-corrected chi connectivity index (χ4v) is 2.69. The second kappa shape index (κ2) is 9.08. The summed E-state index contributed by atoms with van der Waals surface area (Å²) < 4.78 is 16.5. The number of ether oxygens (including phenoxy) is 2. The lowest BCUT2D eigenvalue weighted by atomic mass is 10.1. The molecule has 1 rings (SSSR count). The van der Waals surface area contributed by atoms with Crippen LogP contribution in [0.25, 0.3) is 6.08 Å². The predicted octanol–water partition coefficient (Wildman–Crippen LogP) is 3.25. The highest BCUT2D eigenvalue weighted by molar-refractivity contribution is 6.31. The molecular weight excluding hydrogens is 268 g/mol. The fraction of sp³-hybridized carbons (Fsp3) is 0.500. The van der Waals surface area contributed by atoms with Gasteiger partial charge in [-0.1, -0.05) is 43.8 Å². The summed E-state index contributed by atoms with van der Waals surface area (Å²) in [7, 11) is 3.51. The summed E-state index contributed by atoms with van der Waals surface area (Å²) in [5.41, 5.74) is 1.89. The SMILES string of the molecule is C=Cc1cccc(CCCO[Si]C(CC)(OC)OC)c1. The summed E-state index contributed by atoms with van der Waals surface area (Å²) >= 11 is 0. The van der Waals surface area contributed by atoms with Crippen molar-refractivity contribution < 1.29 is 13.9 Å². The molecule has 0 spiro atoms. The summed E-state index contributed by atoms with van der Waals surface area (Å²) in [6.45, 7) is 6.53. The molecule has 20 heavy (non-hydrogen) atoms. The molecule has 0 unspecified atom stereocenters. The van der Waals surface area contributed by atoms with Gasteiger partial charge in [-0.15, -0.1) is 0 Å². The highest BCUT2D eigenvalue weighted by Gasteiger charge is 2.29. The average molecular weight is 292 g/mol. The molecule has 1 aromatic rings. The zero-order valence-electron chi connectivity index (χ0n) is 12.6. The Morgan fingerprint density at radius 1 is 1.30 bits per heavy atom. The van der Waals surface area contributed by atoms with Crippen LogP contribution >= 0.6 is 0 Å². The van der Waals surface area contributed by atoms with E-state index in [2.05, 4.69) is 30.8 Å². The van der Waals surface area contributed by atoms with E-state index in [1.165, 1.54) is 5.56 Å². The summed E-state index contributed by atoms with van der Waals surface area (Å²) in [6.07, 6.45) is 4.64. The Morgan fingerprint density at radius 3 is 2.65 bits per heavy atom. The maximum absolute atomic E-state index is 5.71. The van der Waals surface area contributed by atoms with Crippen molar-refractivity contribution in [1.82, 2.24) is 0 Å². The number of rotatable bonds is 10. The molecule has 110 valence electrons. The van der Waals surface area contributed by atoms with Crippen LogP contribution in [0.15, 0.2) is 30.8 Å². The van der Waals surface area contributed by atoms with Gasteiger partial charge in [0, 0.05) is 20.8 Å². The molecule has 0 amide bonds. The Bertz CT molecular complexity index is 394. The Morgan fingerprint density at radius 2 is 2.05 bits per heavy atom. The van der Waals surface area contributed by atoms with Crippen molar-refractivity contribution >= 4 is 15.8 Å². The summed E-state index contributed by atoms with van der Waals surface area (Å²) in [5.74, 6) is 0. The van der Waals surface area contributed by atoms with Crippen molar-refractivity contribution in [2.45, 2.75) is 31.6 Å². The Kier molecular flexibility index (Phi) is 7.77. The quantitative estimate of drug-likeness (QED) is 0.376. The zero-order valence-corrected chi connectivity index (χ0v) is 13.6. The van der Waals surface area contributed by atoms with Gasteiger partial charge >= 0.3 is 9.76 Å². The second-order valence-corrected chi connectivity index (χ2v) is 5.77. The molecule has 0 aliphatic rings. The van der Waals surface area contributed by atoms with Crippen molar-refractivity contribution in [3.8, 4) is 0 Å². The fourth-order valence-electron chi connectivity index (χ4n) is 1.91. The van der Waals surface area contributed by atoms with Crippen LogP contribution in [-0.2, 0) is 20.3 Å². The topological polar surface area (TPSA) is 27.7 Å². The number of hydrogen-bond acceptors (Lipinski definition) is 3. The molecule has 0 aliphatic heterocycles. The summed E-state index contributed by atoms with van der Waals surface area (Å²) in [5, 5.41) is 0. The largest absolute Gasteiger partial charge is 0.412 e. The van der Waals surface area contributed by atoms with Gasteiger partial charge in [-0.3, -0.25) is 0 Å². The van der Waals surface area contributed by atoms with Crippen LogP contribution in [0.1, 0.15) is 30.9 Å². The van der Waals surface area contributed by atoms with Crippen LogP contribution in [0.2, 0.25) is 0 Å². The van der Waals surface area contributed by atoms with Crippen molar-refractivity contribution in [3.05, 3.63) is 42.0 Å². The van der Waals surface area contributed by atoms with Crippen molar-refractivity contribution in [2.24, 2.45) is 0 Å². The minimum Gasteiger partial charge on any atom is -0.412 e. The highest BCUT2D eigenvalue weighted by atomic mass is 28.2. The second-order valence-electron chi connectivity index (χ2n) is 4.52.